The highest BCUT2D eigenvalue weighted by atomic mass is 19.1. The number of ether oxygens (including phenoxy) is 1. The van der Waals surface area contributed by atoms with Gasteiger partial charge in [-0.3, -0.25) is 4.68 Å². The van der Waals surface area contributed by atoms with E-state index in [0.29, 0.717) is 13.1 Å². The Labute approximate surface area is 151 Å². The Bertz CT molecular complexity index is 794. The van der Waals surface area contributed by atoms with E-state index in [1.807, 2.05) is 12.3 Å². The van der Waals surface area contributed by atoms with Crippen LogP contribution >= 0.6 is 0 Å². The smallest absolute Gasteiger partial charge is 0.321 e. The average Bonchev–Trinajstić information content (AvgIpc) is 3.31. The minimum atomic E-state index is -0.425. The lowest BCUT2D eigenvalue weighted by molar-refractivity contribution is 0.0667. The average molecular weight is 358 g/mol. The van der Waals surface area contributed by atoms with E-state index in [-0.39, 0.29) is 23.4 Å². The zero-order chi connectivity index (χ0) is 18.1. The monoisotopic (exact) mass is 358 g/mol. The van der Waals surface area contributed by atoms with E-state index < -0.39 is 5.82 Å². The van der Waals surface area contributed by atoms with Crippen LogP contribution in [-0.4, -0.2) is 40.9 Å². The number of methoxy groups -OCH3 is 1. The summed E-state index contributed by atoms with van der Waals surface area (Å²) in [6, 6.07) is 8.24. The molecule has 2 heterocycles. The minimum Gasteiger partial charge on any atom is -0.372 e. The number of piperidine rings is 1. The van der Waals surface area contributed by atoms with E-state index in [0.717, 1.165) is 31.4 Å². The van der Waals surface area contributed by atoms with Crippen molar-refractivity contribution in [2.24, 2.45) is 0 Å². The second-order valence-corrected chi connectivity index (χ2v) is 6.99. The molecule has 2 fully saturated rings. The third-order valence-electron chi connectivity index (χ3n) is 5.44. The van der Waals surface area contributed by atoms with Crippen LogP contribution in [0.15, 0.2) is 36.5 Å². The Morgan fingerprint density at radius 3 is 2.65 bits per heavy atom. The van der Waals surface area contributed by atoms with E-state index in [9.17, 15) is 9.18 Å². The van der Waals surface area contributed by atoms with Gasteiger partial charge >= 0.3 is 6.03 Å². The fourth-order valence-electron chi connectivity index (χ4n) is 3.71. The molecule has 4 rings (SSSR count). The number of aromatic nitrogens is 2. The summed E-state index contributed by atoms with van der Waals surface area (Å²) in [6.07, 6.45) is 5.52. The Morgan fingerprint density at radius 1 is 1.27 bits per heavy atom. The first-order chi connectivity index (χ1) is 12.6. The van der Waals surface area contributed by atoms with Crippen LogP contribution in [-0.2, 0) is 10.3 Å². The number of halogens is 1. The Morgan fingerprint density at radius 2 is 2.00 bits per heavy atom. The van der Waals surface area contributed by atoms with Crippen molar-refractivity contribution in [2.45, 2.75) is 37.3 Å². The highest BCUT2D eigenvalue weighted by Gasteiger charge is 2.48. The molecular formula is C19H23FN4O2. The number of rotatable bonds is 4. The van der Waals surface area contributed by atoms with Gasteiger partial charge in [-0.15, -0.1) is 0 Å². The summed E-state index contributed by atoms with van der Waals surface area (Å²) >= 11 is 0. The zero-order valence-electron chi connectivity index (χ0n) is 14.8. The lowest BCUT2D eigenvalue weighted by Gasteiger charge is -2.33. The van der Waals surface area contributed by atoms with Crippen LogP contribution in [0, 0.1) is 5.82 Å². The van der Waals surface area contributed by atoms with E-state index in [1.54, 1.807) is 30.2 Å². The molecule has 2 aliphatic rings. The number of likely N-dealkylation sites (tertiary alicyclic amines) is 1. The molecule has 1 aromatic heterocycles. The maximum Gasteiger partial charge on any atom is 0.321 e. The predicted molar refractivity (Wildman–Crippen MR) is 95.4 cm³/mol. The van der Waals surface area contributed by atoms with Gasteiger partial charge in [-0.2, -0.15) is 5.10 Å². The molecule has 7 heteroatoms. The quantitative estimate of drug-likeness (QED) is 0.910. The minimum absolute atomic E-state index is 0.171. The fraction of sp³-hybridized carbons (Fsp3) is 0.474. The molecule has 0 unspecified atom stereocenters. The molecule has 1 N–H and O–H groups in total. The first kappa shape index (κ1) is 17.0. The van der Waals surface area contributed by atoms with Crippen LogP contribution in [0.2, 0.25) is 0 Å². The third kappa shape index (κ3) is 3.07. The molecule has 1 aliphatic heterocycles. The molecule has 0 radical (unpaired) electrons. The summed E-state index contributed by atoms with van der Waals surface area (Å²) in [5.41, 5.74) is 1.18. The summed E-state index contributed by atoms with van der Waals surface area (Å²) in [7, 11) is 1.75. The van der Waals surface area contributed by atoms with E-state index in [2.05, 4.69) is 15.1 Å². The Balaban J connectivity index is 1.38. The summed E-state index contributed by atoms with van der Waals surface area (Å²) in [5, 5.41) is 7.17. The maximum atomic E-state index is 13.7. The number of hydrogen-bond acceptors (Lipinski definition) is 3. The van der Waals surface area contributed by atoms with Crippen molar-refractivity contribution in [1.29, 1.82) is 0 Å². The van der Waals surface area contributed by atoms with Crippen molar-refractivity contribution >= 4 is 11.7 Å². The number of benzene rings is 1. The molecule has 0 atom stereocenters. The second kappa shape index (κ2) is 6.72. The lowest BCUT2D eigenvalue weighted by atomic mass is 10.0. The van der Waals surface area contributed by atoms with Gasteiger partial charge in [0.25, 0.3) is 0 Å². The summed E-state index contributed by atoms with van der Waals surface area (Å²) in [4.78, 5) is 14.1. The number of carbonyl (C=O) groups is 1. The number of amides is 2. The van der Waals surface area contributed by atoms with Crippen LogP contribution in [0.25, 0.3) is 0 Å². The van der Waals surface area contributed by atoms with Gasteiger partial charge in [-0.1, -0.05) is 12.1 Å². The van der Waals surface area contributed by atoms with Gasteiger partial charge < -0.3 is 15.0 Å². The highest BCUT2D eigenvalue weighted by Crippen LogP contribution is 2.49. The van der Waals surface area contributed by atoms with Gasteiger partial charge in [0.2, 0.25) is 0 Å². The first-order valence-corrected chi connectivity index (χ1v) is 9.02. The molecule has 6 nitrogen and oxygen atoms in total. The van der Waals surface area contributed by atoms with Crippen molar-refractivity contribution in [3.63, 3.8) is 0 Å². The van der Waals surface area contributed by atoms with Crippen LogP contribution in [0.3, 0.4) is 0 Å². The zero-order valence-corrected chi connectivity index (χ0v) is 14.8. The molecule has 1 aliphatic carbocycles. The number of urea groups is 1. The second-order valence-electron chi connectivity index (χ2n) is 6.99. The molecule has 1 saturated heterocycles. The highest BCUT2D eigenvalue weighted by molar-refractivity contribution is 5.89. The topological polar surface area (TPSA) is 59.4 Å². The molecule has 0 spiro atoms. The summed E-state index contributed by atoms with van der Waals surface area (Å²) in [6.45, 7) is 1.23. The molecule has 1 saturated carbocycles. The van der Waals surface area contributed by atoms with Gasteiger partial charge in [0, 0.05) is 26.4 Å². The summed E-state index contributed by atoms with van der Waals surface area (Å²) in [5.74, 6) is -0.425. The van der Waals surface area contributed by atoms with E-state index >= 15 is 0 Å². The van der Waals surface area contributed by atoms with Crippen LogP contribution in [0.4, 0.5) is 14.9 Å². The number of anilines is 1. The molecule has 2 aromatic rings. The maximum absolute atomic E-state index is 13.7. The van der Waals surface area contributed by atoms with Crippen LogP contribution in [0.1, 0.15) is 37.4 Å². The van der Waals surface area contributed by atoms with Gasteiger partial charge in [0.15, 0.2) is 0 Å². The number of nitrogens with zero attached hydrogens (tertiary/aromatic N) is 3. The van der Waals surface area contributed by atoms with E-state index in [1.165, 1.54) is 6.07 Å². The number of hydrogen-bond donors (Lipinski definition) is 1. The molecule has 26 heavy (non-hydrogen) atoms. The van der Waals surface area contributed by atoms with Gasteiger partial charge in [0.1, 0.15) is 11.4 Å². The van der Waals surface area contributed by atoms with Gasteiger partial charge in [-0.25, -0.2) is 9.18 Å². The van der Waals surface area contributed by atoms with Gasteiger partial charge in [0.05, 0.1) is 17.4 Å². The Kier molecular flexibility index (Phi) is 4.40. The van der Waals surface area contributed by atoms with E-state index in [4.69, 9.17) is 4.74 Å². The van der Waals surface area contributed by atoms with Crippen molar-refractivity contribution in [2.75, 3.05) is 25.5 Å². The third-order valence-corrected chi connectivity index (χ3v) is 5.44. The molecule has 138 valence electrons. The fourth-order valence-corrected chi connectivity index (χ4v) is 3.71. The lowest BCUT2D eigenvalue weighted by Crippen LogP contribution is -2.42. The van der Waals surface area contributed by atoms with Crippen molar-refractivity contribution in [3.8, 4) is 0 Å². The number of carbonyl (C=O) groups excluding carboxylic acids is 1. The Hall–Kier alpha value is -2.41. The predicted octanol–water partition coefficient (Wildman–Crippen LogP) is 3.53. The molecule has 2 amide bonds. The normalized spacial score (nSPS) is 19.4. The van der Waals surface area contributed by atoms with Gasteiger partial charge in [-0.05, 0) is 43.9 Å². The standard InChI is InChI=1S/C19H23FN4O2/c1-26-19(9-10-19)17-6-11-21-24(17)14-7-12-23(13-8-14)18(25)22-16-5-3-2-4-15(16)20/h2-6,11,14H,7-10,12-13H2,1H3,(H,22,25). The molecule has 1 aromatic carbocycles. The van der Waals surface area contributed by atoms with Crippen molar-refractivity contribution in [1.82, 2.24) is 14.7 Å². The van der Waals surface area contributed by atoms with Crippen LogP contribution < -0.4 is 5.32 Å². The summed E-state index contributed by atoms with van der Waals surface area (Å²) < 4.78 is 21.5. The number of para-hydroxylation sites is 1. The first-order valence-electron chi connectivity index (χ1n) is 9.02. The molecule has 0 bridgehead atoms. The largest absolute Gasteiger partial charge is 0.372 e. The molecular weight excluding hydrogens is 335 g/mol. The van der Waals surface area contributed by atoms with Crippen LogP contribution in [0.5, 0.6) is 0 Å². The SMILES string of the molecule is COC1(c2ccnn2C2CCN(C(=O)Nc3ccccc3F)CC2)CC1. The number of nitrogens with one attached hydrogen (secondary N) is 1. The van der Waals surface area contributed by atoms with Crippen molar-refractivity contribution < 1.29 is 13.9 Å². The van der Waals surface area contributed by atoms with Crippen molar-refractivity contribution in [3.05, 3.63) is 48.0 Å².